The van der Waals surface area contributed by atoms with Crippen molar-refractivity contribution in [3.63, 3.8) is 0 Å². The maximum atomic E-state index is 12.8. The smallest absolute Gasteiger partial charge is 0.332 e. The molecule has 0 aromatic heterocycles. The summed E-state index contributed by atoms with van der Waals surface area (Å²) in [5.41, 5.74) is 4.79. The van der Waals surface area contributed by atoms with E-state index in [1.807, 2.05) is 0 Å². The molecular formula is C21H34N2OS. The number of aryl methyl sites for hydroxylation is 3. The molecule has 1 fully saturated rings. The van der Waals surface area contributed by atoms with Gasteiger partial charge >= 0.3 is 6.03 Å². The summed E-state index contributed by atoms with van der Waals surface area (Å²) >= 11 is 4.60. The minimum atomic E-state index is -0.0807. The zero-order valence-electron chi connectivity index (χ0n) is 16.1. The maximum absolute atomic E-state index is 12.8. The average Bonchev–Trinajstić information content (AvgIpc) is 2.89. The summed E-state index contributed by atoms with van der Waals surface area (Å²) in [4.78, 5) is 12.8. The van der Waals surface area contributed by atoms with Crippen molar-refractivity contribution in [3.05, 3.63) is 28.8 Å². The number of hydrogen-bond donors (Lipinski definition) is 2. The summed E-state index contributed by atoms with van der Waals surface area (Å²) in [6, 6.07) is 4.71. The first kappa shape index (κ1) is 20.2. The Morgan fingerprint density at radius 2 is 1.64 bits per heavy atom. The van der Waals surface area contributed by atoms with E-state index in [0.29, 0.717) is 6.04 Å². The number of hydrogen-bond acceptors (Lipinski definition) is 2. The van der Waals surface area contributed by atoms with Gasteiger partial charge in [-0.1, -0.05) is 77.8 Å². The minimum Gasteiger partial charge on any atom is -0.334 e. The van der Waals surface area contributed by atoms with Crippen LogP contribution < -0.4 is 9.62 Å². The summed E-state index contributed by atoms with van der Waals surface area (Å²) in [6.45, 7) is 6.51. The first-order valence-electron chi connectivity index (χ1n) is 10.0. The summed E-state index contributed by atoms with van der Waals surface area (Å²) < 4.78 is 1.55. The monoisotopic (exact) mass is 362 g/mol. The Morgan fingerprint density at radius 3 is 2.12 bits per heavy atom. The van der Waals surface area contributed by atoms with Gasteiger partial charge in [0.1, 0.15) is 0 Å². The van der Waals surface area contributed by atoms with Crippen molar-refractivity contribution in [2.45, 2.75) is 91.0 Å². The Hall–Kier alpha value is -1.16. The molecule has 1 aliphatic rings. The van der Waals surface area contributed by atoms with Crippen molar-refractivity contribution in [1.82, 2.24) is 5.32 Å². The summed E-state index contributed by atoms with van der Waals surface area (Å²) in [5, 5.41) is 3.21. The van der Waals surface area contributed by atoms with Gasteiger partial charge in [0.25, 0.3) is 0 Å². The van der Waals surface area contributed by atoms with Crippen molar-refractivity contribution in [3.8, 4) is 0 Å². The second-order valence-electron chi connectivity index (χ2n) is 7.17. The fraction of sp³-hybridized carbons (Fsp3) is 0.667. The van der Waals surface area contributed by atoms with E-state index >= 15 is 0 Å². The van der Waals surface area contributed by atoms with Gasteiger partial charge in [0.15, 0.2) is 0 Å². The van der Waals surface area contributed by atoms with Crippen LogP contribution in [-0.4, -0.2) is 12.1 Å². The van der Waals surface area contributed by atoms with Crippen LogP contribution in [0.1, 0.15) is 82.4 Å². The van der Waals surface area contributed by atoms with Gasteiger partial charge in [-0.25, -0.2) is 9.10 Å². The second kappa shape index (κ2) is 10.1. The van der Waals surface area contributed by atoms with Crippen molar-refractivity contribution in [1.29, 1.82) is 0 Å². The standard InChI is InChI=1S/C21H34N2OS/c1-4-11-16-14-17(5-2)20(18(6-3)15-16)23(25)21(24)22-19-12-9-7-8-10-13-19/h14-15,19,25H,4-13H2,1-3H3,(H,22,24). The van der Waals surface area contributed by atoms with E-state index < -0.39 is 0 Å². The Morgan fingerprint density at radius 1 is 1.08 bits per heavy atom. The molecule has 0 bridgehead atoms. The molecule has 2 rings (SSSR count). The number of anilines is 1. The first-order valence-corrected chi connectivity index (χ1v) is 10.4. The number of benzene rings is 1. The maximum Gasteiger partial charge on any atom is 0.332 e. The van der Waals surface area contributed by atoms with Gasteiger partial charge in [0.05, 0.1) is 5.69 Å². The van der Waals surface area contributed by atoms with E-state index in [1.165, 1.54) is 42.4 Å². The van der Waals surface area contributed by atoms with E-state index in [-0.39, 0.29) is 6.03 Å². The number of nitrogens with one attached hydrogen (secondary N) is 1. The lowest BCUT2D eigenvalue weighted by Gasteiger charge is -2.26. The largest absolute Gasteiger partial charge is 0.334 e. The Bertz CT molecular complexity index is 540. The van der Waals surface area contributed by atoms with Crippen LogP contribution in [0.25, 0.3) is 0 Å². The van der Waals surface area contributed by atoms with Crippen LogP contribution in [0.2, 0.25) is 0 Å². The third-order valence-corrected chi connectivity index (χ3v) is 5.60. The Labute approximate surface area is 159 Å². The first-order chi connectivity index (χ1) is 12.1. The van der Waals surface area contributed by atoms with Crippen molar-refractivity contribution >= 4 is 24.5 Å². The zero-order chi connectivity index (χ0) is 18.2. The SMILES string of the molecule is CCCc1cc(CC)c(N(S)C(=O)NC2CCCCCC2)c(CC)c1. The predicted octanol–water partition coefficient (Wildman–Crippen LogP) is 5.85. The van der Waals surface area contributed by atoms with Crippen molar-refractivity contribution < 1.29 is 4.79 Å². The molecule has 4 heteroatoms. The number of nitrogens with zero attached hydrogens (tertiary/aromatic N) is 1. The molecule has 0 aliphatic heterocycles. The van der Waals surface area contributed by atoms with E-state index in [2.05, 4.69) is 51.0 Å². The highest BCUT2D eigenvalue weighted by molar-refractivity contribution is 7.82. The normalized spacial score (nSPS) is 15.7. The number of amides is 2. The molecule has 25 heavy (non-hydrogen) atoms. The molecule has 0 saturated heterocycles. The van der Waals surface area contributed by atoms with Crippen LogP contribution in [0.4, 0.5) is 10.5 Å². The minimum absolute atomic E-state index is 0.0807. The van der Waals surface area contributed by atoms with Crippen molar-refractivity contribution in [2.75, 3.05) is 4.31 Å². The number of carbonyl (C=O) groups is 1. The summed E-state index contributed by atoms with van der Waals surface area (Å²) in [5.74, 6) is 0. The fourth-order valence-corrected chi connectivity index (χ4v) is 4.15. The molecule has 1 saturated carbocycles. The second-order valence-corrected chi connectivity index (χ2v) is 7.57. The Balaban J connectivity index is 2.20. The number of carbonyl (C=O) groups excluding carboxylic acids is 1. The summed E-state index contributed by atoms with van der Waals surface area (Å²) in [7, 11) is 0. The van der Waals surface area contributed by atoms with Gasteiger partial charge in [-0.3, -0.25) is 0 Å². The molecule has 0 spiro atoms. The molecule has 0 heterocycles. The molecule has 1 aromatic carbocycles. The topological polar surface area (TPSA) is 32.3 Å². The Kier molecular flexibility index (Phi) is 8.14. The molecule has 2 amide bonds. The zero-order valence-corrected chi connectivity index (χ0v) is 17.0. The van der Waals surface area contributed by atoms with Gasteiger partial charge < -0.3 is 5.32 Å². The number of rotatable bonds is 6. The summed E-state index contributed by atoms with van der Waals surface area (Å²) in [6.07, 6.45) is 11.2. The molecule has 0 radical (unpaired) electrons. The lowest BCUT2D eigenvalue weighted by molar-refractivity contribution is 0.245. The van der Waals surface area contributed by atoms with Crippen molar-refractivity contribution in [2.24, 2.45) is 0 Å². The highest BCUT2D eigenvalue weighted by Gasteiger charge is 2.22. The van der Waals surface area contributed by atoms with Crippen LogP contribution in [0.3, 0.4) is 0 Å². The van der Waals surface area contributed by atoms with E-state index in [9.17, 15) is 4.79 Å². The third kappa shape index (κ3) is 5.40. The quantitative estimate of drug-likeness (QED) is 0.483. The van der Waals surface area contributed by atoms with Crippen LogP contribution in [0.15, 0.2) is 12.1 Å². The lowest BCUT2D eigenvalue weighted by Crippen LogP contribution is -2.41. The highest BCUT2D eigenvalue weighted by Crippen LogP contribution is 2.31. The highest BCUT2D eigenvalue weighted by atomic mass is 32.1. The molecule has 0 atom stereocenters. The molecule has 1 aliphatic carbocycles. The molecule has 1 N–H and O–H groups in total. The number of urea groups is 1. The molecule has 3 nitrogen and oxygen atoms in total. The van der Waals surface area contributed by atoms with E-state index in [0.717, 1.165) is 44.2 Å². The van der Waals surface area contributed by atoms with Crippen LogP contribution in [-0.2, 0) is 19.3 Å². The van der Waals surface area contributed by atoms with Gasteiger partial charge in [-0.15, -0.1) is 0 Å². The average molecular weight is 363 g/mol. The fourth-order valence-electron chi connectivity index (χ4n) is 3.84. The van der Waals surface area contributed by atoms with Gasteiger partial charge in [0.2, 0.25) is 0 Å². The molecule has 1 aromatic rings. The molecule has 0 unspecified atom stereocenters. The van der Waals surface area contributed by atoms with E-state index in [4.69, 9.17) is 0 Å². The molecule has 140 valence electrons. The van der Waals surface area contributed by atoms with Crippen LogP contribution in [0, 0.1) is 0 Å². The number of thiol groups is 1. The lowest BCUT2D eigenvalue weighted by atomic mass is 9.97. The van der Waals surface area contributed by atoms with Gasteiger partial charge in [-0.05, 0) is 48.8 Å². The third-order valence-electron chi connectivity index (χ3n) is 5.22. The van der Waals surface area contributed by atoms with E-state index in [1.54, 1.807) is 4.31 Å². The predicted molar refractivity (Wildman–Crippen MR) is 111 cm³/mol. The van der Waals surface area contributed by atoms with Crippen LogP contribution in [0.5, 0.6) is 0 Å². The molecular weight excluding hydrogens is 328 g/mol. The van der Waals surface area contributed by atoms with Gasteiger partial charge in [0, 0.05) is 6.04 Å². The van der Waals surface area contributed by atoms with Crippen LogP contribution >= 0.6 is 12.8 Å². The van der Waals surface area contributed by atoms with Gasteiger partial charge in [-0.2, -0.15) is 0 Å².